The number of ether oxygens (including phenoxy) is 2. The Balaban J connectivity index is 2.12. The van der Waals surface area contributed by atoms with Crippen molar-refractivity contribution < 1.29 is 9.47 Å². The minimum Gasteiger partial charge on any atom is -0.340 e. The Kier molecular flexibility index (Phi) is 1.90. The third-order valence-electron chi connectivity index (χ3n) is 4.19. The molecule has 6 atom stereocenters. The highest BCUT2D eigenvalue weighted by Gasteiger charge is 2.68. The first-order valence-electron chi connectivity index (χ1n) is 5.63. The Morgan fingerprint density at radius 1 is 1.07 bits per heavy atom. The van der Waals surface area contributed by atoms with Crippen molar-refractivity contribution in [2.75, 3.05) is 6.66 Å². The van der Waals surface area contributed by atoms with Gasteiger partial charge in [0.25, 0.3) is 0 Å². The molecular weight excluding hydrogens is 226 g/mol. The highest BCUT2D eigenvalue weighted by Crippen LogP contribution is 2.82. The van der Waals surface area contributed by atoms with Gasteiger partial charge in [0.05, 0.1) is 10.7 Å². The van der Waals surface area contributed by atoms with Crippen LogP contribution in [-0.2, 0) is 9.47 Å². The summed E-state index contributed by atoms with van der Waals surface area (Å²) in [6.45, 7) is 11.6. The molecule has 0 radical (unpaired) electrons. The molecule has 0 saturated carbocycles. The van der Waals surface area contributed by atoms with Gasteiger partial charge >= 0.3 is 0 Å². The molecule has 0 aromatic carbocycles. The topological polar surface area (TPSA) is 18.5 Å². The average molecular weight is 246 g/mol. The SMILES string of the molecule is CP1C2(C)CC3(C)OC(C)(CC1(C)P3)O2. The molecule has 86 valence electrons. The van der Waals surface area contributed by atoms with Crippen LogP contribution in [0.1, 0.15) is 40.5 Å². The zero-order chi connectivity index (χ0) is 11.1. The Morgan fingerprint density at radius 3 is 2.27 bits per heavy atom. The zero-order valence-electron chi connectivity index (χ0n) is 10.2. The summed E-state index contributed by atoms with van der Waals surface area (Å²) in [4.78, 5) is 0.488. The van der Waals surface area contributed by atoms with E-state index < -0.39 is 0 Å². The zero-order valence-corrected chi connectivity index (χ0v) is 12.1. The van der Waals surface area contributed by atoms with E-state index in [2.05, 4.69) is 34.4 Å². The summed E-state index contributed by atoms with van der Waals surface area (Å²) in [6, 6.07) is 0. The lowest BCUT2D eigenvalue weighted by atomic mass is 10.0. The van der Waals surface area contributed by atoms with E-state index in [1.165, 1.54) is 0 Å². The van der Waals surface area contributed by atoms with Crippen molar-refractivity contribution in [3.8, 4) is 0 Å². The van der Waals surface area contributed by atoms with E-state index in [9.17, 15) is 0 Å². The lowest BCUT2D eigenvalue weighted by Crippen LogP contribution is -2.66. The standard InChI is InChI=1S/C11H20O2P2/c1-8-6-11(4)14-9(2,12-8)7-10(3,13-8)15(11)5/h14H,6-7H2,1-5H3. The molecule has 4 aliphatic heterocycles. The first-order chi connectivity index (χ1) is 6.69. The molecular formula is C11H20O2P2. The third kappa shape index (κ3) is 1.32. The fraction of sp³-hybridized carbons (Fsp3) is 1.00. The summed E-state index contributed by atoms with van der Waals surface area (Å²) in [7, 11) is 0.901. The Hall–Kier alpha value is 0.780. The highest BCUT2D eigenvalue weighted by molar-refractivity contribution is 7.72. The van der Waals surface area contributed by atoms with Gasteiger partial charge in [0.1, 0.15) is 0 Å². The number of rotatable bonds is 0. The van der Waals surface area contributed by atoms with Crippen molar-refractivity contribution in [1.82, 2.24) is 0 Å². The number of hydrogen-bond donors (Lipinski definition) is 0. The second-order valence-corrected chi connectivity index (χ2v) is 11.9. The summed E-state index contributed by atoms with van der Waals surface area (Å²) in [5.74, 6) is -0.309. The molecule has 4 saturated heterocycles. The van der Waals surface area contributed by atoms with Gasteiger partial charge in [-0.15, -0.1) is 0 Å². The molecule has 2 nitrogen and oxygen atoms in total. The summed E-state index contributed by atoms with van der Waals surface area (Å²) < 4.78 is 12.4. The van der Waals surface area contributed by atoms with E-state index in [-0.39, 0.29) is 24.4 Å². The van der Waals surface area contributed by atoms with E-state index >= 15 is 0 Å². The quantitative estimate of drug-likeness (QED) is 0.609. The van der Waals surface area contributed by atoms with Crippen LogP contribution in [0.15, 0.2) is 0 Å². The molecule has 0 N–H and O–H groups in total. The fourth-order valence-corrected chi connectivity index (χ4v) is 10.9. The van der Waals surface area contributed by atoms with E-state index in [1.54, 1.807) is 0 Å². The molecule has 0 aromatic heterocycles. The molecule has 4 heteroatoms. The third-order valence-corrected chi connectivity index (χ3v) is 10.4. The maximum atomic E-state index is 6.25. The van der Waals surface area contributed by atoms with Gasteiger partial charge in [-0.3, -0.25) is 0 Å². The lowest BCUT2D eigenvalue weighted by molar-refractivity contribution is -0.340. The van der Waals surface area contributed by atoms with Crippen molar-refractivity contribution in [3.05, 3.63) is 0 Å². The van der Waals surface area contributed by atoms with Crippen LogP contribution in [0.3, 0.4) is 0 Å². The maximum Gasteiger partial charge on any atom is 0.169 e. The fourth-order valence-electron chi connectivity index (χ4n) is 3.95. The molecule has 4 bridgehead atoms. The molecule has 4 rings (SSSR count). The Bertz CT molecular complexity index is 287. The number of hydrogen-bond acceptors (Lipinski definition) is 2. The molecule has 15 heavy (non-hydrogen) atoms. The van der Waals surface area contributed by atoms with Gasteiger partial charge < -0.3 is 9.47 Å². The van der Waals surface area contributed by atoms with Crippen molar-refractivity contribution in [1.29, 1.82) is 0 Å². The van der Waals surface area contributed by atoms with Gasteiger partial charge in [0, 0.05) is 17.7 Å². The second kappa shape index (κ2) is 2.61. The van der Waals surface area contributed by atoms with Gasteiger partial charge in [-0.05, 0) is 27.4 Å². The van der Waals surface area contributed by atoms with Gasteiger partial charge in [0.15, 0.2) is 5.79 Å². The summed E-state index contributed by atoms with van der Waals surface area (Å²) in [6.07, 6.45) is 2.18. The van der Waals surface area contributed by atoms with Crippen molar-refractivity contribution in [3.63, 3.8) is 0 Å². The predicted molar refractivity (Wildman–Crippen MR) is 66.2 cm³/mol. The van der Waals surface area contributed by atoms with E-state index in [1.807, 2.05) is 0 Å². The molecule has 0 aliphatic carbocycles. The predicted octanol–water partition coefficient (Wildman–Crippen LogP) is 3.50. The molecule has 4 heterocycles. The molecule has 0 spiro atoms. The van der Waals surface area contributed by atoms with Crippen LogP contribution < -0.4 is 0 Å². The van der Waals surface area contributed by atoms with Crippen LogP contribution in [0.2, 0.25) is 0 Å². The molecule has 0 amide bonds. The van der Waals surface area contributed by atoms with Crippen molar-refractivity contribution in [2.45, 2.75) is 61.9 Å². The summed E-state index contributed by atoms with van der Waals surface area (Å²) >= 11 is 0. The molecule has 6 unspecified atom stereocenters. The average Bonchev–Trinajstić information content (AvgIpc) is 1.93. The largest absolute Gasteiger partial charge is 0.340 e. The maximum absolute atomic E-state index is 6.25. The van der Waals surface area contributed by atoms with Gasteiger partial charge in [-0.1, -0.05) is 23.4 Å². The highest BCUT2D eigenvalue weighted by atomic mass is 31.2. The van der Waals surface area contributed by atoms with Gasteiger partial charge in [-0.25, -0.2) is 0 Å². The second-order valence-electron chi connectivity index (χ2n) is 6.06. The van der Waals surface area contributed by atoms with Crippen molar-refractivity contribution in [2.24, 2.45) is 0 Å². The Labute approximate surface area is 95.0 Å². The van der Waals surface area contributed by atoms with E-state index in [0.29, 0.717) is 4.90 Å². The van der Waals surface area contributed by atoms with Crippen LogP contribution in [0.4, 0.5) is 0 Å². The minimum absolute atomic E-state index is 0.0434. The van der Waals surface area contributed by atoms with Crippen LogP contribution in [0.5, 0.6) is 0 Å². The first-order valence-corrected chi connectivity index (χ1v) is 8.41. The Morgan fingerprint density at radius 2 is 1.73 bits per heavy atom. The van der Waals surface area contributed by atoms with Crippen LogP contribution in [-0.4, -0.2) is 28.0 Å². The molecule has 0 aromatic rings. The minimum atomic E-state index is -0.309. The van der Waals surface area contributed by atoms with E-state index in [0.717, 1.165) is 21.4 Å². The lowest BCUT2D eigenvalue weighted by Gasteiger charge is -2.70. The first kappa shape index (κ1) is 10.9. The van der Waals surface area contributed by atoms with Crippen LogP contribution >= 0.6 is 16.5 Å². The van der Waals surface area contributed by atoms with Crippen molar-refractivity contribution >= 4 is 16.5 Å². The monoisotopic (exact) mass is 246 g/mol. The molecule has 4 fully saturated rings. The normalized spacial score (nSPS) is 69.0. The molecule has 4 aliphatic rings. The van der Waals surface area contributed by atoms with E-state index in [4.69, 9.17) is 9.47 Å². The van der Waals surface area contributed by atoms with Crippen LogP contribution in [0, 0.1) is 0 Å². The summed E-state index contributed by atoms with van der Waals surface area (Å²) in [5.41, 5.74) is 0. The van der Waals surface area contributed by atoms with Crippen LogP contribution in [0.25, 0.3) is 0 Å². The van der Waals surface area contributed by atoms with Gasteiger partial charge in [0.2, 0.25) is 0 Å². The summed E-state index contributed by atoms with van der Waals surface area (Å²) in [5, 5.41) is 0.179. The smallest absolute Gasteiger partial charge is 0.169 e. The van der Waals surface area contributed by atoms with Gasteiger partial charge in [-0.2, -0.15) is 0 Å².